The van der Waals surface area contributed by atoms with E-state index in [2.05, 4.69) is 43.7 Å². The average molecular weight is 462 g/mol. The number of hydrogen-bond donors (Lipinski definition) is 2. The molecule has 32 heavy (non-hydrogen) atoms. The van der Waals surface area contributed by atoms with Crippen LogP contribution in [0.1, 0.15) is 46.0 Å². The largest absolute Gasteiger partial charge is 0.379 e. The maximum absolute atomic E-state index is 8.91. The minimum atomic E-state index is 0.485. The Hall–Kier alpha value is -1.86. The number of rotatable bonds is 14. The second-order valence-corrected chi connectivity index (χ2v) is 9.25. The predicted molar refractivity (Wildman–Crippen MR) is 134 cm³/mol. The lowest BCUT2D eigenvalue weighted by atomic mass is 10.2. The molecule has 1 saturated heterocycles. The standard InChI is InChI=1S/C23H39N7OS/c1-21(2)30(14-7-13-29-15-17-31-18-16-29)32-19-6-4-3-5-10-26-23(27-20-24)28-22-8-11-25-12-9-22/h8-9,11-12,21H,3-7,10,13-19H2,1-2H3,(H2,25,26,27,28). The number of morpholine rings is 1. The van der Waals surface area contributed by atoms with Gasteiger partial charge in [0.25, 0.3) is 0 Å². The summed E-state index contributed by atoms with van der Waals surface area (Å²) >= 11 is 1.99. The van der Waals surface area contributed by atoms with E-state index in [-0.39, 0.29) is 0 Å². The van der Waals surface area contributed by atoms with E-state index in [9.17, 15) is 0 Å². The number of ether oxygens (including phenoxy) is 1. The van der Waals surface area contributed by atoms with Gasteiger partial charge in [0, 0.05) is 56.1 Å². The summed E-state index contributed by atoms with van der Waals surface area (Å²) in [4.78, 5) is 11.0. The van der Waals surface area contributed by atoms with Gasteiger partial charge in [-0.3, -0.25) is 20.2 Å². The zero-order chi connectivity index (χ0) is 22.9. The Morgan fingerprint density at radius 3 is 2.69 bits per heavy atom. The highest BCUT2D eigenvalue weighted by Gasteiger charge is 2.13. The molecular weight excluding hydrogens is 422 g/mol. The van der Waals surface area contributed by atoms with Crippen LogP contribution in [0.5, 0.6) is 0 Å². The molecule has 0 radical (unpaired) electrons. The molecule has 8 nitrogen and oxygen atoms in total. The number of anilines is 1. The summed E-state index contributed by atoms with van der Waals surface area (Å²) in [5.74, 6) is 1.66. The maximum Gasteiger partial charge on any atom is 0.209 e. The molecule has 0 spiro atoms. The minimum Gasteiger partial charge on any atom is -0.379 e. The molecule has 2 N–H and O–H groups in total. The second-order valence-electron chi connectivity index (χ2n) is 8.12. The third kappa shape index (κ3) is 11.7. The van der Waals surface area contributed by atoms with Crippen molar-refractivity contribution >= 4 is 23.6 Å². The highest BCUT2D eigenvalue weighted by atomic mass is 32.2. The normalized spacial score (nSPS) is 15.2. The minimum absolute atomic E-state index is 0.485. The fraction of sp³-hybridized carbons (Fsp3) is 0.696. The van der Waals surface area contributed by atoms with Crippen LogP contribution in [0.3, 0.4) is 0 Å². The van der Waals surface area contributed by atoms with E-state index >= 15 is 0 Å². The van der Waals surface area contributed by atoms with Gasteiger partial charge < -0.3 is 10.1 Å². The molecule has 178 valence electrons. The van der Waals surface area contributed by atoms with E-state index in [4.69, 9.17) is 10.00 Å². The summed E-state index contributed by atoms with van der Waals surface area (Å²) in [7, 11) is 0. The number of unbranched alkanes of at least 4 members (excludes halogenated alkanes) is 3. The molecule has 1 aliphatic rings. The molecular formula is C23H39N7OS. The molecule has 0 amide bonds. The Balaban J connectivity index is 1.54. The molecule has 9 heteroatoms. The first-order chi connectivity index (χ1) is 15.7. The molecule has 1 aromatic rings. The topological polar surface area (TPSA) is 88.8 Å². The number of nitrogens with one attached hydrogen (secondary N) is 2. The number of aromatic nitrogens is 1. The van der Waals surface area contributed by atoms with E-state index in [1.54, 1.807) is 12.4 Å². The van der Waals surface area contributed by atoms with Crippen molar-refractivity contribution < 1.29 is 4.74 Å². The van der Waals surface area contributed by atoms with Crippen molar-refractivity contribution in [3.8, 4) is 6.19 Å². The van der Waals surface area contributed by atoms with E-state index in [1.807, 2.05) is 30.3 Å². The molecule has 0 atom stereocenters. The van der Waals surface area contributed by atoms with Gasteiger partial charge in [-0.15, -0.1) is 0 Å². The second kappa shape index (κ2) is 16.7. The number of aliphatic imine (C=N–C) groups is 1. The molecule has 0 aliphatic carbocycles. The molecule has 1 aromatic heterocycles. The maximum atomic E-state index is 8.91. The Kier molecular flexibility index (Phi) is 13.8. The summed E-state index contributed by atoms with van der Waals surface area (Å²) in [6.07, 6.45) is 11.2. The summed E-state index contributed by atoms with van der Waals surface area (Å²) in [6.45, 7) is 11.5. The van der Waals surface area contributed by atoms with E-state index < -0.39 is 0 Å². The molecule has 2 rings (SSSR count). The van der Waals surface area contributed by atoms with Gasteiger partial charge in [-0.2, -0.15) is 5.26 Å². The van der Waals surface area contributed by atoms with Crippen molar-refractivity contribution in [1.29, 1.82) is 5.26 Å². The lowest BCUT2D eigenvalue weighted by molar-refractivity contribution is 0.0368. The quantitative estimate of drug-likeness (QED) is 0.109. The zero-order valence-corrected chi connectivity index (χ0v) is 20.4. The van der Waals surface area contributed by atoms with E-state index in [1.165, 1.54) is 31.6 Å². The van der Waals surface area contributed by atoms with Crippen molar-refractivity contribution in [2.45, 2.75) is 52.0 Å². The van der Waals surface area contributed by atoms with Gasteiger partial charge in [-0.1, -0.05) is 24.8 Å². The Morgan fingerprint density at radius 1 is 1.22 bits per heavy atom. The molecule has 2 heterocycles. The summed E-state index contributed by atoms with van der Waals surface area (Å²) in [5, 5.41) is 14.6. The van der Waals surface area contributed by atoms with Gasteiger partial charge in [0.1, 0.15) is 0 Å². The number of nitriles is 1. The van der Waals surface area contributed by atoms with Crippen molar-refractivity contribution in [3.63, 3.8) is 0 Å². The zero-order valence-electron chi connectivity index (χ0n) is 19.6. The van der Waals surface area contributed by atoms with Gasteiger partial charge in [-0.25, -0.2) is 4.31 Å². The van der Waals surface area contributed by atoms with Crippen LogP contribution in [-0.4, -0.2) is 77.9 Å². The van der Waals surface area contributed by atoms with Crippen LogP contribution in [-0.2, 0) is 4.74 Å². The summed E-state index contributed by atoms with van der Waals surface area (Å²) in [5.41, 5.74) is 0.859. The smallest absolute Gasteiger partial charge is 0.209 e. The van der Waals surface area contributed by atoms with Crippen LogP contribution >= 0.6 is 11.9 Å². The third-order valence-electron chi connectivity index (χ3n) is 5.23. The number of pyridine rings is 1. The predicted octanol–water partition coefficient (Wildman–Crippen LogP) is 3.56. The van der Waals surface area contributed by atoms with Crippen molar-refractivity contribution in [1.82, 2.24) is 19.5 Å². The molecule has 0 unspecified atom stereocenters. The molecule has 0 saturated carbocycles. The van der Waals surface area contributed by atoms with E-state index in [0.29, 0.717) is 18.5 Å². The number of hydrogen-bond acceptors (Lipinski definition) is 7. The van der Waals surface area contributed by atoms with Crippen LogP contribution in [0.25, 0.3) is 0 Å². The van der Waals surface area contributed by atoms with Gasteiger partial charge in [0.15, 0.2) is 6.19 Å². The Labute approximate surface area is 197 Å². The third-order valence-corrected chi connectivity index (χ3v) is 6.64. The molecule has 1 fully saturated rings. The first-order valence-corrected chi connectivity index (χ1v) is 12.7. The van der Waals surface area contributed by atoms with Crippen molar-refractivity contribution in [2.24, 2.45) is 4.99 Å². The average Bonchev–Trinajstić information content (AvgIpc) is 2.81. The summed E-state index contributed by atoms with van der Waals surface area (Å²) < 4.78 is 7.97. The number of nitrogens with zero attached hydrogens (tertiary/aromatic N) is 5. The van der Waals surface area contributed by atoms with E-state index in [0.717, 1.165) is 51.4 Å². The summed E-state index contributed by atoms with van der Waals surface area (Å²) in [6, 6.07) is 4.25. The van der Waals surface area contributed by atoms with Gasteiger partial charge >= 0.3 is 0 Å². The molecule has 0 bridgehead atoms. The monoisotopic (exact) mass is 461 g/mol. The SMILES string of the molecule is CC(C)N(CCCN1CCOCC1)SCCCCCCN=C(NC#N)Nc1ccncc1. The van der Waals surface area contributed by atoms with Gasteiger partial charge in [0.2, 0.25) is 5.96 Å². The Morgan fingerprint density at radius 2 is 1.97 bits per heavy atom. The van der Waals surface area contributed by atoms with Crippen LogP contribution in [0.2, 0.25) is 0 Å². The van der Waals surface area contributed by atoms with Crippen LogP contribution in [0.15, 0.2) is 29.5 Å². The fourth-order valence-electron chi connectivity index (χ4n) is 3.42. The van der Waals surface area contributed by atoms with Crippen LogP contribution < -0.4 is 10.6 Å². The highest BCUT2D eigenvalue weighted by Crippen LogP contribution is 2.17. The first-order valence-electron chi connectivity index (χ1n) is 11.8. The number of guanidine groups is 1. The Bertz CT molecular complexity index is 675. The first kappa shape index (κ1) is 26.4. The molecule has 1 aliphatic heterocycles. The van der Waals surface area contributed by atoms with Gasteiger partial charge in [0.05, 0.1) is 13.2 Å². The van der Waals surface area contributed by atoms with Crippen molar-refractivity contribution in [2.75, 3.05) is 57.0 Å². The van der Waals surface area contributed by atoms with Crippen LogP contribution in [0, 0.1) is 11.5 Å². The highest BCUT2D eigenvalue weighted by molar-refractivity contribution is 7.97. The lowest BCUT2D eigenvalue weighted by Gasteiger charge is -2.29. The lowest BCUT2D eigenvalue weighted by Crippen LogP contribution is -2.38. The van der Waals surface area contributed by atoms with Gasteiger partial charge in [-0.05, 0) is 51.8 Å². The van der Waals surface area contributed by atoms with Crippen LogP contribution in [0.4, 0.5) is 5.69 Å². The molecule has 0 aromatic carbocycles. The van der Waals surface area contributed by atoms with Crippen molar-refractivity contribution in [3.05, 3.63) is 24.5 Å². The fourth-order valence-corrected chi connectivity index (χ4v) is 4.55.